The molecule has 2 rings (SSSR count). The highest BCUT2D eigenvalue weighted by Crippen LogP contribution is 2.15. The molecule has 16 heavy (non-hydrogen) atoms. The van der Waals surface area contributed by atoms with Crippen LogP contribution in [0.4, 0.5) is 0 Å². The number of nitrogens with zero attached hydrogens (tertiary/aromatic N) is 1. The molecule has 1 aliphatic heterocycles. The number of hydrogen-bond donors (Lipinski definition) is 2. The van der Waals surface area contributed by atoms with E-state index >= 15 is 0 Å². The Morgan fingerprint density at radius 1 is 1.69 bits per heavy atom. The molecule has 2 N–H and O–H groups in total. The molecule has 1 fully saturated rings. The molecule has 1 aliphatic rings. The van der Waals surface area contributed by atoms with Gasteiger partial charge < -0.3 is 10.6 Å². The molecule has 2 heterocycles. The standard InChI is InChI=1S/C11H17N3OS/c1-8(11-13-6-7-16-11)14-10(15)9-4-2-3-5-12-9/h6-9,12H,2-5H2,1H3,(H,14,15)/t8?,9-/m0/s1. The van der Waals surface area contributed by atoms with E-state index in [4.69, 9.17) is 0 Å². The average molecular weight is 239 g/mol. The van der Waals surface area contributed by atoms with Crippen LogP contribution >= 0.6 is 11.3 Å². The summed E-state index contributed by atoms with van der Waals surface area (Å²) in [6, 6.07) is -0.00705. The van der Waals surface area contributed by atoms with Gasteiger partial charge in [-0.05, 0) is 26.3 Å². The Bertz CT molecular complexity index is 333. The predicted molar refractivity (Wildman–Crippen MR) is 64.3 cm³/mol. The van der Waals surface area contributed by atoms with Crippen LogP contribution in [0.5, 0.6) is 0 Å². The molecular weight excluding hydrogens is 222 g/mol. The monoisotopic (exact) mass is 239 g/mol. The van der Waals surface area contributed by atoms with Crippen molar-refractivity contribution < 1.29 is 4.79 Å². The first-order valence-electron chi connectivity index (χ1n) is 5.70. The normalized spacial score (nSPS) is 22.7. The van der Waals surface area contributed by atoms with E-state index in [9.17, 15) is 4.79 Å². The Hall–Kier alpha value is -0.940. The summed E-state index contributed by atoms with van der Waals surface area (Å²) in [5.41, 5.74) is 0. The summed E-state index contributed by atoms with van der Waals surface area (Å²) < 4.78 is 0. The van der Waals surface area contributed by atoms with E-state index < -0.39 is 0 Å². The second-order valence-electron chi connectivity index (χ2n) is 4.10. The lowest BCUT2D eigenvalue weighted by Crippen LogP contribution is -2.47. The van der Waals surface area contributed by atoms with Crippen molar-refractivity contribution in [2.45, 2.75) is 38.3 Å². The van der Waals surface area contributed by atoms with Crippen molar-refractivity contribution in [3.63, 3.8) is 0 Å². The third-order valence-corrected chi connectivity index (χ3v) is 3.77. The molecule has 1 aromatic rings. The largest absolute Gasteiger partial charge is 0.346 e. The summed E-state index contributed by atoms with van der Waals surface area (Å²) >= 11 is 1.57. The van der Waals surface area contributed by atoms with Gasteiger partial charge in [0, 0.05) is 11.6 Å². The fourth-order valence-electron chi connectivity index (χ4n) is 1.90. The number of hydrogen-bond acceptors (Lipinski definition) is 4. The third kappa shape index (κ3) is 2.80. The van der Waals surface area contributed by atoms with Crippen LogP contribution in [0.3, 0.4) is 0 Å². The minimum absolute atomic E-state index is 0.0104. The molecule has 0 aromatic carbocycles. The van der Waals surface area contributed by atoms with Crippen LogP contribution in [0.2, 0.25) is 0 Å². The third-order valence-electron chi connectivity index (χ3n) is 2.81. The van der Waals surface area contributed by atoms with E-state index in [0.717, 1.165) is 24.4 Å². The first-order valence-corrected chi connectivity index (χ1v) is 6.58. The highest BCUT2D eigenvalue weighted by Gasteiger charge is 2.22. The molecule has 0 aliphatic carbocycles. The first-order chi connectivity index (χ1) is 7.77. The van der Waals surface area contributed by atoms with E-state index in [2.05, 4.69) is 15.6 Å². The molecule has 1 amide bonds. The lowest BCUT2D eigenvalue weighted by Gasteiger charge is -2.24. The maximum absolute atomic E-state index is 11.9. The minimum Gasteiger partial charge on any atom is -0.346 e. The first kappa shape index (κ1) is 11.5. The maximum Gasteiger partial charge on any atom is 0.237 e. The van der Waals surface area contributed by atoms with Crippen LogP contribution in [0.15, 0.2) is 11.6 Å². The number of carbonyl (C=O) groups excluding carboxylic acids is 1. The molecule has 2 atom stereocenters. The number of thiazole rings is 1. The Morgan fingerprint density at radius 3 is 3.19 bits per heavy atom. The molecule has 0 spiro atoms. The topological polar surface area (TPSA) is 54.0 Å². The van der Waals surface area contributed by atoms with Gasteiger partial charge in [-0.15, -0.1) is 11.3 Å². The van der Waals surface area contributed by atoms with Crippen molar-refractivity contribution in [1.29, 1.82) is 0 Å². The summed E-state index contributed by atoms with van der Waals surface area (Å²) in [5, 5.41) is 9.13. The van der Waals surface area contributed by atoms with Crippen molar-refractivity contribution in [3.05, 3.63) is 16.6 Å². The lowest BCUT2D eigenvalue weighted by atomic mass is 10.0. The van der Waals surface area contributed by atoms with Gasteiger partial charge in [0.25, 0.3) is 0 Å². The number of nitrogens with one attached hydrogen (secondary N) is 2. The molecule has 0 bridgehead atoms. The van der Waals surface area contributed by atoms with E-state index in [-0.39, 0.29) is 18.0 Å². The smallest absolute Gasteiger partial charge is 0.237 e. The van der Waals surface area contributed by atoms with Crippen LogP contribution in [0.1, 0.15) is 37.2 Å². The highest BCUT2D eigenvalue weighted by atomic mass is 32.1. The van der Waals surface area contributed by atoms with Gasteiger partial charge in [0.1, 0.15) is 5.01 Å². The zero-order chi connectivity index (χ0) is 11.4. The number of piperidine rings is 1. The lowest BCUT2D eigenvalue weighted by molar-refractivity contribution is -0.124. The zero-order valence-electron chi connectivity index (χ0n) is 9.40. The SMILES string of the molecule is CC(NC(=O)[C@@H]1CCCCN1)c1nccs1. The van der Waals surface area contributed by atoms with Crippen LogP contribution in [-0.4, -0.2) is 23.5 Å². The second-order valence-corrected chi connectivity index (χ2v) is 5.03. The molecule has 1 aromatic heterocycles. The zero-order valence-corrected chi connectivity index (χ0v) is 10.2. The Labute approximate surface area is 99.5 Å². The Morgan fingerprint density at radius 2 is 2.56 bits per heavy atom. The van der Waals surface area contributed by atoms with E-state index in [1.807, 2.05) is 12.3 Å². The average Bonchev–Trinajstić information content (AvgIpc) is 2.83. The fraction of sp³-hybridized carbons (Fsp3) is 0.636. The van der Waals surface area contributed by atoms with Gasteiger partial charge in [-0.3, -0.25) is 4.79 Å². The molecule has 1 saturated heterocycles. The van der Waals surface area contributed by atoms with Crippen molar-refractivity contribution in [2.75, 3.05) is 6.54 Å². The molecule has 1 unspecified atom stereocenters. The summed E-state index contributed by atoms with van der Waals surface area (Å²) in [5.74, 6) is 0.0994. The second kappa shape index (κ2) is 5.41. The van der Waals surface area contributed by atoms with Gasteiger partial charge in [0.05, 0.1) is 12.1 Å². The number of rotatable bonds is 3. The fourth-order valence-corrected chi connectivity index (χ4v) is 2.55. The maximum atomic E-state index is 11.9. The van der Waals surface area contributed by atoms with Gasteiger partial charge in [-0.1, -0.05) is 6.42 Å². The van der Waals surface area contributed by atoms with Crippen LogP contribution in [0, 0.1) is 0 Å². The van der Waals surface area contributed by atoms with Gasteiger partial charge >= 0.3 is 0 Å². The van der Waals surface area contributed by atoms with Gasteiger partial charge in [-0.2, -0.15) is 0 Å². The molecule has 5 heteroatoms. The number of amides is 1. The quantitative estimate of drug-likeness (QED) is 0.839. The van der Waals surface area contributed by atoms with E-state index in [1.165, 1.54) is 6.42 Å². The summed E-state index contributed by atoms with van der Waals surface area (Å²) in [7, 11) is 0. The summed E-state index contributed by atoms with van der Waals surface area (Å²) in [6.07, 6.45) is 5.01. The Balaban J connectivity index is 1.86. The highest BCUT2D eigenvalue weighted by molar-refractivity contribution is 7.09. The molecule has 0 radical (unpaired) electrons. The van der Waals surface area contributed by atoms with Gasteiger partial charge in [-0.25, -0.2) is 4.98 Å². The van der Waals surface area contributed by atoms with Crippen molar-refractivity contribution in [1.82, 2.24) is 15.6 Å². The number of carbonyl (C=O) groups is 1. The predicted octanol–water partition coefficient (Wildman–Crippen LogP) is 1.46. The minimum atomic E-state index is -0.0174. The molecular formula is C11H17N3OS. The van der Waals surface area contributed by atoms with E-state index in [0.29, 0.717) is 0 Å². The summed E-state index contributed by atoms with van der Waals surface area (Å²) in [6.45, 7) is 2.92. The van der Waals surface area contributed by atoms with Gasteiger partial charge in [0.2, 0.25) is 5.91 Å². The van der Waals surface area contributed by atoms with Crippen LogP contribution in [-0.2, 0) is 4.79 Å². The van der Waals surface area contributed by atoms with Gasteiger partial charge in [0.15, 0.2) is 0 Å². The van der Waals surface area contributed by atoms with Crippen molar-refractivity contribution >= 4 is 17.2 Å². The van der Waals surface area contributed by atoms with Crippen molar-refractivity contribution in [2.24, 2.45) is 0 Å². The summed E-state index contributed by atoms with van der Waals surface area (Å²) in [4.78, 5) is 16.1. The Kier molecular flexibility index (Phi) is 3.90. The molecule has 4 nitrogen and oxygen atoms in total. The van der Waals surface area contributed by atoms with Crippen molar-refractivity contribution in [3.8, 4) is 0 Å². The molecule has 0 saturated carbocycles. The van der Waals surface area contributed by atoms with E-state index in [1.54, 1.807) is 17.5 Å². The number of aromatic nitrogens is 1. The molecule has 88 valence electrons. The van der Waals surface area contributed by atoms with Crippen LogP contribution in [0.25, 0.3) is 0 Å². The van der Waals surface area contributed by atoms with Crippen LogP contribution < -0.4 is 10.6 Å².